The van der Waals surface area contributed by atoms with Crippen molar-refractivity contribution in [2.75, 3.05) is 11.6 Å². The summed E-state index contributed by atoms with van der Waals surface area (Å²) in [5.74, 6) is 0.763. The molecule has 1 aliphatic rings. The first-order chi connectivity index (χ1) is 6.88. The first-order valence-corrected chi connectivity index (χ1v) is 6.23. The molecule has 1 N–H and O–H groups in total. The number of nitrogens with one attached hydrogen (secondary N) is 1. The van der Waals surface area contributed by atoms with E-state index in [0.717, 1.165) is 11.2 Å². The van der Waals surface area contributed by atoms with Crippen LogP contribution in [0.5, 0.6) is 0 Å². The maximum atomic E-state index is 4.16. The fourth-order valence-corrected chi connectivity index (χ4v) is 2.64. The van der Waals surface area contributed by atoms with E-state index < -0.39 is 0 Å². The smallest absolute Gasteiger partial charge is 0.222 e. The molecule has 0 radical (unpaired) electrons. The van der Waals surface area contributed by atoms with Crippen molar-refractivity contribution in [2.24, 2.45) is 0 Å². The average Bonchev–Trinajstić information content (AvgIpc) is 2.67. The lowest BCUT2D eigenvalue weighted by Crippen LogP contribution is -2.17. The predicted molar refractivity (Wildman–Crippen MR) is 60.6 cm³/mol. The van der Waals surface area contributed by atoms with Crippen LogP contribution in [0, 0.1) is 0 Å². The van der Waals surface area contributed by atoms with Crippen molar-refractivity contribution in [3.05, 3.63) is 18.5 Å². The third kappa shape index (κ3) is 2.38. The summed E-state index contributed by atoms with van der Waals surface area (Å²) < 4.78 is 0. The summed E-state index contributed by atoms with van der Waals surface area (Å²) in [6.07, 6.45) is 9.52. The van der Waals surface area contributed by atoms with Gasteiger partial charge in [0.25, 0.3) is 0 Å². The Labute approximate surface area is 88.7 Å². The molecule has 2 rings (SSSR count). The van der Waals surface area contributed by atoms with Gasteiger partial charge in [-0.1, -0.05) is 0 Å². The lowest BCUT2D eigenvalue weighted by molar-refractivity contribution is 0.745. The zero-order valence-corrected chi connectivity index (χ0v) is 9.13. The van der Waals surface area contributed by atoms with Crippen LogP contribution in [0.15, 0.2) is 18.5 Å². The number of thioether (sulfide) groups is 1. The van der Waals surface area contributed by atoms with Crippen LogP contribution in [0.4, 0.5) is 5.95 Å². The Morgan fingerprint density at radius 2 is 2.14 bits per heavy atom. The summed E-state index contributed by atoms with van der Waals surface area (Å²) in [5, 5.41) is 4.19. The number of rotatable bonds is 3. The highest BCUT2D eigenvalue weighted by Gasteiger charge is 2.23. The molecule has 1 saturated carbocycles. The van der Waals surface area contributed by atoms with Crippen LogP contribution in [0.1, 0.15) is 19.3 Å². The van der Waals surface area contributed by atoms with Crippen molar-refractivity contribution < 1.29 is 0 Å². The van der Waals surface area contributed by atoms with E-state index >= 15 is 0 Å². The number of aromatic nitrogens is 2. The maximum absolute atomic E-state index is 4.16. The Morgan fingerprint density at radius 1 is 1.36 bits per heavy atom. The molecule has 1 heterocycles. The second-order valence-corrected chi connectivity index (χ2v) is 4.72. The van der Waals surface area contributed by atoms with Crippen molar-refractivity contribution in [1.82, 2.24) is 9.97 Å². The quantitative estimate of drug-likeness (QED) is 0.828. The van der Waals surface area contributed by atoms with Crippen molar-refractivity contribution in [3.63, 3.8) is 0 Å². The molecule has 2 unspecified atom stereocenters. The highest BCUT2D eigenvalue weighted by atomic mass is 32.2. The number of hydrogen-bond acceptors (Lipinski definition) is 4. The van der Waals surface area contributed by atoms with Crippen LogP contribution < -0.4 is 5.32 Å². The van der Waals surface area contributed by atoms with E-state index in [2.05, 4.69) is 21.5 Å². The number of anilines is 1. The van der Waals surface area contributed by atoms with Gasteiger partial charge in [-0.05, 0) is 31.6 Å². The van der Waals surface area contributed by atoms with E-state index in [9.17, 15) is 0 Å². The van der Waals surface area contributed by atoms with Crippen LogP contribution in [-0.4, -0.2) is 27.5 Å². The molecule has 1 aromatic rings. The molecule has 0 aliphatic heterocycles. The van der Waals surface area contributed by atoms with Crippen LogP contribution in [0.3, 0.4) is 0 Å². The van der Waals surface area contributed by atoms with Crippen molar-refractivity contribution >= 4 is 17.7 Å². The summed E-state index contributed by atoms with van der Waals surface area (Å²) in [6.45, 7) is 0. The van der Waals surface area contributed by atoms with Crippen LogP contribution >= 0.6 is 11.8 Å². The lowest BCUT2D eigenvalue weighted by Gasteiger charge is -2.11. The highest BCUT2D eigenvalue weighted by Crippen LogP contribution is 2.29. The van der Waals surface area contributed by atoms with Gasteiger partial charge in [0.2, 0.25) is 5.95 Å². The molecule has 0 spiro atoms. The molecule has 76 valence electrons. The fourth-order valence-electron chi connectivity index (χ4n) is 1.84. The molecule has 14 heavy (non-hydrogen) atoms. The van der Waals surface area contributed by atoms with Crippen LogP contribution in [0.25, 0.3) is 0 Å². The number of nitrogens with zero attached hydrogens (tertiary/aromatic N) is 2. The third-order valence-corrected chi connectivity index (χ3v) is 3.71. The molecule has 0 aromatic carbocycles. The van der Waals surface area contributed by atoms with Crippen LogP contribution in [-0.2, 0) is 0 Å². The van der Waals surface area contributed by atoms with Crippen LogP contribution in [0.2, 0.25) is 0 Å². The highest BCUT2D eigenvalue weighted by molar-refractivity contribution is 7.99. The summed E-state index contributed by atoms with van der Waals surface area (Å²) in [5.41, 5.74) is 0. The summed E-state index contributed by atoms with van der Waals surface area (Å²) in [6, 6.07) is 2.40. The van der Waals surface area contributed by atoms with E-state index in [1.807, 2.05) is 17.8 Å². The molecular formula is C10H15N3S. The molecule has 1 fully saturated rings. The minimum absolute atomic E-state index is 0.565. The molecular weight excluding hydrogens is 194 g/mol. The zero-order chi connectivity index (χ0) is 9.80. The van der Waals surface area contributed by atoms with E-state index in [0.29, 0.717) is 6.04 Å². The molecule has 4 heteroatoms. The number of hydrogen-bond donors (Lipinski definition) is 1. The topological polar surface area (TPSA) is 37.8 Å². The first kappa shape index (κ1) is 9.77. The van der Waals surface area contributed by atoms with Gasteiger partial charge in [0, 0.05) is 23.7 Å². The zero-order valence-electron chi connectivity index (χ0n) is 8.31. The lowest BCUT2D eigenvalue weighted by atomic mass is 10.2. The first-order valence-electron chi connectivity index (χ1n) is 4.95. The van der Waals surface area contributed by atoms with Gasteiger partial charge in [-0.2, -0.15) is 11.8 Å². The van der Waals surface area contributed by atoms with Crippen molar-refractivity contribution in [2.45, 2.75) is 30.6 Å². The van der Waals surface area contributed by atoms with Gasteiger partial charge < -0.3 is 5.32 Å². The Balaban J connectivity index is 1.88. The molecule has 0 saturated heterocycles. The van der Waals surface area contributed by atoms with E-state index in [-0.39, 0.29) is 0 Å². The molecule has 0 amide bonds. The normalized spacial score (nSPS) is 26.4. The van der Waals surface area contributed by atoms with E-state index in [1.165, 1.54) is 19.3 Å². The van der Waals surface area contributed by atoms with Gasteiger partial charge in [-0.15, -0.1) is 0 Å². The second-order valence-electron chi connectivity index (χ2n) is 3.58. The maximum Gasteiger partial charge on any atom is 0.222 e. The van der Waals surface area contributed by atoms with Crippen molar-refractivity contribution in [3.8, 4) is 0 Å². The summed E-state index contributed by atoms with van der Waals surface area (Å²) >= 11 is 1.97. The third-order valence-electron chi connectivity index (χ3n) is 2.62. The molecule has 3 nitrogen and oxygen atoms in total. The van der Waals surface area contributed by atoms with Gasteiger partial charge in [0.1, 0.15) is 0 Å². The molecule has 2 atom stereocenters. The predicted octanol–water partition coefficient (Wildman–Crippen LogP) is 2.17. The van der Waals surface area contributed by atoms with Crippen molar-refractivity contribution in [1.29, 1.82) is 0 Å². The Bertz CT molecular complexity index is 278. The standard InChI is InChI=1S/C10H15N3S/c1-14-9-4-3-8(7-9)13-10-11-5-2-6-12-10/h2,5-6,8-9H,3-4,7H2,1H3,(H,11,12,13). The van der Waals surface area contributed by atoms with E-state index in [1.54, 1.807) is 12.4 Å². The average molecular weight is 209 g/mol. The van der Waals surface area contributed by atoms with E-state index in [4.69, 9.17) is 0 Å². The Hall–Kier alpha value is -0.770. The minimum atomic E-state index is 0.565. The van der Waals surface area contributed by atoms with Gasteiger partial charge in [-0.25, -0.2) is 9.97 Å². The Morgan fingerprint density at radius 3 is 2.79 bits per heavy atom. The summed E-state index contributed by atoms with van der Waals surface area (Å²) in [4.78, 5) is 8.33. The Kier molecular flexibility index (Phi) is 3.24. The second kappa shape index (κ2) is 4.64. The SMILES string of the molecule is CSC1CCC(Nc2ncccn2)C1. The van der Waals surface area contributed by atoms with Gasteiger partial charge >= 0.3 is 0 Å². The summed E-state index contributed by atoms with van der Waals surface area (Å²) in [7, 11) is 0. The molecule has 1 aliphatic carbocycles. The fraction of sp³-hybridized carbons (Fsp3) is 0.600. The minimum Gasteiger partial charge on any atom is -0.351 e. The molecule has 1 aromatic heterocycles. The molecule has 0 bridgehead atoms. The monoisotopic (exact) mass is 209 g/mol. The van der Waals surface area contributed by atoms with Gasteiger partial charge in [0.15, 0.2) is 0 Å². The van der Waals surface area contributed by atoms with Gasteiger partial charge in [-0.3, -0.25) is 0 Å². The van der Waals surface area contributed by atoms with Gasteiger partial charge in [0.05, 0.1) is 0 Å². The largest absolute Gasteiger partial charge is 0.351 e.